The number of methoxy groups -OCH3 is 1. The van der Waals surface area contributed by atoms with Gasteiger partial charge in [-0.05, 0) is 58.0 Å². The minimum atomic E-state index is -0.0898. The van der Waals surface area contributed by atoms with E-state index in [4.69, 9.17) is 26.2 Å². The van der Waals surface area contributed by atoms with Crippen molar-refractivity contribution in [3.8, 4) is 11.5 Å². The van der Waals surface area contributed by atoms with Gasteiger partial charge in [0.1, 0.15) is 6.61 Å². The van der Waals surface area contributed by atoms with Crippen molar-refractivity contribution < 1.29 is 14.6 Å². The molecule has 106 valence electrons. The monoisotopic (exact) mass is 404 g/mol. The SMILES string of the molecule is COc1cc(CO)cc(Cl)c1OCc1ccc(I)cc1. The predicted octanol–water partition coefficient (Wildman–Crippen LogP) is 4.02. The molecule has 0 radical (unpaired) electrons. The number of benzene rings is 2. The van der Waals surface area contributed by atoms with E-state index < -0.39 is 0 Å². The summed E-state index contributed by atoms with van der Waals surface area (Å²) < 4.78 is 12.2. The van der Waals surface area contributed by atoms with E-state index in [1.807, 2.05) is 24.3 Å². The Balaban J connectivity index is 2.18. The van der Waals surface area contributed by atoms with Gasteiger partial charge in [0.25, 0.3) is 0 Å². The van der Waals surface area contributed by atoms with Crippen LogP contribution in [0, 0.1) is 3.57 Å². The van der Waals surface area contributed by atoms with Crippen LogP contribution in [0.25, 0.3) is 0 Å². The standard InChI is InChI=1S/C15H14ClIO3/c1-19-14-7-11(8-18)6-13(16)15(14)20-9-10-2-4-12(17)5-3-10/h2-7,18H,8-9H2,1H3. The number of aliphatic hydroxyl groups is 1. The van der Waals surface area contributed by atoms with Crippen LogP contribution in [0.5, 0.6) is 11.5 Å². The van der Waals surface area contributed by atoms with Crippen LogP contribution < -0.4 is 9.47 Å². The van der Waals surface area contributed by atoms with Gasteiger partial charge in [0, 0.05) is 3.57 Å². The summed E-state index contributed by atoms with van der Waals surface area (Å²) in [6.07, 6.45) is 0. The summed E-state index contributed by atoms with van der Waals surface area (Å²) >= 11 is 8.42. The van der Waals surface area contributed by atoms with Crippen LogP contribution in [0.2, 0.25) is 5.02 Å². The van der Waals surface area contributed by atoms with Crippen LogP contribution in [0.3, 0.4) is 0 Å². The highest BCUT2D eigenvalue weighted by atomic mass is 127. The summed E-state index contributed by atoms with van der Waals surface area (Å²) in [5, 5.41) is 9.58. The van der Waals surface area contributed by atoms with Crippen LogP contribution in [0.1, 0.15) is 11.1 Å². The van der Waals surface area contributed by atoms with Crippen molar-refractivity contribution in [1.82, 2.24) is 0 Å². The van der Waals surface area contributed by atoms with E-state index in [1.165, 1.54) is 3.57 Å². The number of rotatable bonds is 5. The third kappa shape index (κ3) is 3.77. The molecular formula is C15H14ClIO3. The molecule has 0 atom stereocenters. The average Bonchev–Trinajstić information content (AvgIpc) is 2.47. The van der Waals surface area contributed by atoms with Gasteiger partial charge in [0.05, 0.1) is 18.7 Å². The lowest BCUT2D eigenvalue weighted by molar-refractivity contribution is 0.274. The lowest BCUT2D eigenvalue weighted by Gasteiger charge is -2.13. The second-order valence-corrected chi connectivity index (χ2v) is 5.84. The molecule has 2 rings (SSSR count). The van der Waals surface area contributed by atoms with E-state index in [0.717, 1.165) is 5.56 Å². The van der Waals surface area contributed by atoms with Crippen molar-refractivity contribution in [2.24, 2.45) is 0 Å². The second kappa shape index (κ2) is 7.15. The Morgan fingerprint density at radius 2 is 1.85 bits per heavy atom. The molecule has 0 fully saturated rings. The minimum Gasteiger partial charge on any atom is -0.493 e. The number of ether oxygens (including phenoxy) is 2. The lowest BCUT2D eigenvalue weighted by atomic mass is 10.2. The minimum absolute atomic E-state index is 0.0898. The molecule has 0 aliphatic heterocycles. The Bertz CT molecular complexity index is 584. The van der Waals surface area contributed by atoms with Gasteiger partial charge < -0.3 is 14.6 Å². The summed E-state index contributed by atoms with van der Waals surface area (Å²) in [4.78, 5) is 0. The topological polar surface area (TPSA) is 38.7 Å². The molecular weight excluding hydrogens is 391 g/mol. The van der Waals surface area contributed by atoms with Gasteiger partial charge >= 0.3 is 0 Å². The Hall–Kier alpha value is -0.980. The van der Waals surface area contributed by atoms with Gasteiger partial charge in [-0.2, -0.15) is 0 Å². The normalized spacial score (nSPS) is 10.4. The van der Waals surface area contributed by atoms with Crippen molar-refractivity contribution in [3.63, 3.8) is 0 Å². The largest absolute Gasteiger partial charge is 0.493 e. The van der Waals surface area contributed by atoms with Crippen LogP contribution in [-0.4, -0.2) is 12.2 Å². The Morgan fingerprint density at radius 3 is 2.45 bits per heavy atom. The molecule has 0 aromatic heterocycles. The zero-order chi connectivity index (χ0) is 14.5. The fourth-order valence-corrected chi connectivity index (χ4v) is 2.39. The highest BCUT2D eigenvalue weighted by molar-refractivity contribution is 14.1. The maximum Gasteiger partial charge on any atom is 0.180 e. The van der Waals surface area contributed by atoms with Crippen molar-refractivity contribution in [2.45, 2.75) is 13.2 Å². The second-order valence-electron chi connectivity index (χ2n) is 4.18. The van der Waals surface area contributed by atoms with Crippen molar-refractivity contribution in [1.29, 1.82) is 0 Å². The number of hydrogen-bond acceptors (Lipinski definition) is 3. The Morgan fingerprint density at radius 1 is 1.15 bits per heavy atom. The molecule has 0 aliphatic rings. The fourth-order valence-electron chi connectivity index (χ4n) is 1.74. The highest BCUT2D eigenvalue weighted by Crippen LogP contribution is 2.36. The van der Waals surface area contributed by atoms with E-state index in [9.17, 15) is 0 Å². The van der Waals surface area contributed by atoms with Gasteiger partial charge in [-0.15, -0.1) is 0 Å². The molecule has 3 nitrogen and oxygen atoms in total. The van der Waals surface area contributed by atoms with Crippen LogP contribution in [0.15, 0.2) is 36.4 Å². The van der Waals surface area contributed by atoms with Crippen LogP contribution >= 0.6 is 34.2 Å². The van der Waals surface area contributed by atoms with Gasteiger partial charge in [0.2, 0.25) is 0 Å². The first-order valence-electron chi connectivity index (χ1n) is 5.98. The predicted molar refractivity (Wildman–Crippen MR) is 87.4 cm³/mol. The first-order chi connectivity index (χ1) is 9.63. The molecule has 2 aromatic carbocycles. The number of hydrogen-bond donors (Lipinski definition) is 1. The number of aliphatic hydroxyl groups excluding tert-OH is 1. The zero-order valence-electron chi connectivity index (χ0n) is 10.9. The molecule has 0 aliphatic carbocycles. The fraction of sp³-hybridized carbons (Fsp3) is 0.200. The number of halogens is 2. The quantitative estimate of drug-likeness (QED) is 0.765. The van der Waals surface area contributed by atoms with Crippen molar-refractivity contribution >= 4 is 34.2 Å². The smallest absolute Gasteiger partial charge is 0.180 e. The molecule has 0 amide bonds. The van der Waals surface area contributed by atoms with Gasteiger partial charge in [0.15, 0.2) is 11.5 Å². The third-order valence-electron chi connectivity index (χ3n) is 2.77. The van der Waals surface area contributed by atoms with E-state index in [1.54, 1.807) is 19.2 Å². The average molecular weight is 405 g/mol. The lowest BCUT2D eigenvalue weighted by Crippen LogP contribution is -1.99. The Kier molecular flexibility index (Phi) is 5.51. The summed E-state index contributed by atoms with van der Waals surface area (Å²) in [6, 6.07) is 11.4. The highest BCUT2D eigenvalue weighted by Gasteiger charge is 2.12. The molecule has 0 bridgehead atoms. The van der Waals surface area contributed by atoms with Gasteiger partial charge in [-0.25, -0.2) is 0 Å². The third-order valence-corrected chi connectivity index (χ3v) is 3.77. The molecule has 5 heteroatoms. The summed E-state index contributed by atoms with van der Waals surface area (Å²) in [5.74, 6) is 1.01. The molecule has 1 N–H and O–H groups in total. The van der Waals surface area contributed by atoms with E-state index in [0.29, 0.717) is 28.7 Å². The summed E-state index contributed by atoms with van der Waals surface area (Å²) in [7, 11) is 1.55. The summed E-state index contributed by atoms with van der Waals surface area (Å²) in [6.45, 7) is 0.318. The first-order valence-corrected chi connectivity index (χ1v) is 7.44. The van der Waals surface area contributed by atoms with Gasteiger partial charge in [-0.1, -0.05) is 23.7 Å². The van der Waals surface area contributed by atoms with E-state index in [2.05, 4.69) is 22.6 Å². The molecule has 2 aromatic rings. The maximum absolute atomic E-state index is 9.15. The molecule has 0 spiro atoms. The molecule has 20 heavy (non-hydrogen) atoms. The van der Waals surface area contributed by atoms with E-state index in [-0.39, 0.29) is 6.61 Å². The van der Waals surface area contributed by atoms with E-state index >= 15 is 0 Å². The molecule has 0 saturated heterocycles. The Labute approximate surface area is 136 Å². The molecule has 0 unspecified atom stereocenters. The maximum atomic E-state index is 9.15. The van der Waals surface area contributed by atoms with Crippen molar-refractivity contribution in [2.75, 3.05) is 7.11 Å². The summed E-state index contributed by atoms with van der Waals surface area (Å²) in [5.41, 5.74) is 1.74. The first kappa shape index (κ1) is 15.4. The molecule has 0 saturated carbocycles. The van der Waals surface area contributed by atoms with Crippen LogP contribution in [0.4, 0.5) is 0 Å². The molecule has 0 heterocycles. The van der Waals surface area contributed by atoms with Crippen molar-refractivity contribution in [3.05, 3.63) is 56.1 Å². The zero-order valence-corrected chi connectivity index (χ0v) is 13.8. The van der Waals surface area contributed by atoms with Crippen LogP contribution in [-0.2, 0) is 13.2 Å². The van der Waals surface area contributed by atoms with Gasteiger partial charge in [-0.3, -0.25) is 0 Å².